The van der Waals surface area contributed by atoms with Crippen molar-refractivity contribution in [2.24, 2.45) is 5.41 Å². The summed E-state index contributed by atoms with van der Waals surface area (Å²) in [5, 5.41) is 23.9. The highest BCUT2D eigenvalue weighted by Crippen LogP contribution is 2.39. The molecular formula is C20H34Cl2N2O5S. The first-order valence-electron chi connectivity index (χ1n) is 9.88. The van der Waals surface area contributed by atoms with E-state index in [-0.39, 0.29) is 35.1 Å². The summed E-state index contributed by atoms with van der Waals surface area (Å²) in [5.74, 6) is 0.585. The van der Waals surface area contributed by atoms with Crippen LogP contribution in [-0.4, -0.2) is 81.3 Å². The molecule has 30 heavy (non-hydrogen) atoms. The molecule has 10 heteroatoms. The lowest BCUT2D eigenvalue weighted by Gasteiger charge is -2.34. The maximum Gasteiger partial charge on any atom is 0.175 e. The van der Waals surface area contributed by atoms with E-state index in [9.17, 15) is 18.6 Å². The second-order valence-electron chi connectivity index (χ2n) is 8.53. The molecule has 0 radical (unpaired) electrons. The Hall–Kier alpha value is -0.610. The molecule has 174 valence electrons. The van der Waals surface area contributed by atoms with Gasteiger partial charge in [0.2, 0.25) is 0 Å². The van der Waals surface area contributed by atoms with E-state index in [1.165, 1.54) is 18.4 Å². The van der Waals surface area contributed by atoms with E-state index in [2.05, 4.69) is 17.3 Å². The number of ether oxygens (including phenoxy) is 1. The van der Waals surface area contributed by atoms with Gasteiger partial charge in [-0.05, 0) is 70.1 Å². The van der Waals surface area contributed by atoms with Crippen molar-refractivity contribution in [3.8, 4) is 5.75 Å². The van der Waals surface area contributed by atoms with Gasteiger partial charge in [0.15, 0.2) is 9.84 Å². The molecule has 1 saturated heterocycles. The number of rotatable bonds is 7. The molecule has 1 aliphatic heterocycles. The minimum atomic E-state index is -3.24. The van der Waals surface area contributed by atoms with Crippen molar-refractivity contribution in [1.82, 2.24) is 10.2 Å². The number of aliphatic hydroxyl groups excluding tert-OH is 2. The van der Waals surface area contributed by atoms with Gasteiger partial charge in [-0.3, -0.25) is 0 Å². The largest absolute Gasteiger partial charge is 0.493 e. The molecule has 2 fully saturated rings. The molecule has 3 rings (SSSR count). The van der Waals surface area contributed by atoms with Crippen LogP contribution in [0.2, 0.25) is 0 Å². The topological polar surface area (TPSA) is 99.1 Å². The number of nitrogens with zero attached hydrogens (tertiary/aromatic N) is 1. The predicted molar refractivity (Wildman–Crippen MR) is 122 cm³/mol. The molecule has 0 aromatic heterocycles. The molecule has 3 atom stereocenters. The van der Waals surface area contributed by atoms with Crippen molar-refractivity contribution in [3.63, 3.8) is 0 Å². The van der Waals surface area contributed by atoms with Gasteiger partial charge in [-0.25, -0.2) is 8.42 Å². The summed E-state index contributed by atoms with van der Waals surface area (Å²) in [6.45, 7) is 3.17. The second kappa shape index (κ2) is 11.3. The molecule has 2 aliphatic rings. The third-order valence-corrected chi connectivity index (χ3v) is 7.14. The standard InChI is InChI=1S/C20H32N2O5S.2ClH/c1-22-9-7-15(8-10-22)21-13-20(11-18(23)19(24)12-20)14-27-16-3-5-17(6-4-16)28(2,25)26;;/h3-6,15,18-19,21,23-24H,7-14H2,1-2H3;2*1H/t18-,19+,20?;;. The summed E-state index contributed by atoms with van der Waals surface area (Å²) < 4.78 is 29.1. The molecule has 1 aliphatic carbocycles. The smallest absolute Gasteiger partial charge is 0.175 e. The minimum absolute atomic E-state index is 0. The van der Waals surface area contributed by atoms with E-state index in [1.54, 1.807) is 12.1 Å². The summed E-state index contributed by atoms with van der Waals surface area (Å²) in [7, 11) is -1.11. The number of hydrogen-bond acceptors (Lipinski definition) is 7. The SMILES string of the molecule is CN1CCC(NCC2(COc3ccc(S(C)(=O)=O)cc3)C[C@@H](O)[C@@H](O)C2)CC1.Cl.Cl. The van der Waals surface area contributed by atoms with E-state index in [1.807, 2.05) is 0 Å². The number of halogens is 2. The highest BCUT2D eigenvalue weighted by atomic mass is 35.5. The highest BCUT2D eigenvalue weighted by molar-refractivity contribution is 7.90. The molecule has 0 spiro atoms. The van der Waals surface area contributed by atoms with Gasteiger partial charge in [0.1, 0.15) is 5.75 Å². The lowest BCUT2D eigenvalue weighted by Crippen LogP contribution is -2.46. The van der Waals surface area contributed by atoms with E-state index in [4.69, 9.17) is 4.74 Å². The zero-order valence-electron chi connectivity index (χ0n) is 17.5. The van der Waals surface area contributed by atoms with Gasteiger partial charge in [0, 0.05) is 24.3 Å². The number of piperidine rings is 1. The Bertz CT molecular complexity index is 745. The van der Waals surface area contributed by atoms with E-state index >= 15 is 0 Å². The molecule has 1 aromatic rings. The third kappa shape index (κ3) is 7.22. The van der Waals surface area contributed by atoms with E-state index in [0.29, 0.717) is 37.8 Å². The van der Waals surface area contributed by atoms with Gasteiger partial charge in [-0.1, -0.05) is 0 Å². The Labute approximate surface area is 191 Å². The number of nitrogens with one attached hydrogen (secondary N) is 1. The van der Waals surface area contributed by atoms with Crippen LogP contribution in [0.4, 0.5) is 0 Å². The Kier molecular flexibility index (Phi) is 10.3. The number of sulfone groups is 1. The molecule has 0 bridgehead atoms. The van der Waals surface area contributed by atoms with E-state index < -0.39 is 22.0 Å². The lowest BCUT2D eigenvalue weighted by molar-refractivity contribution is 0.0438. The molecule has 1 saturated carbocycles. The Morgan fingerprint density at radius 2 is 1.63 bits per heavy atom. The van der Waals surface area contributed by atoms with Crippen molar-refractivity contribution in [3.05, 3.63) is 24.3 Å². The van der Waals surface area contributed by atoms with Gasteiger partial charge in [-0.15, -0.1) is 24.8 Å². The molecule has 3 N–H and O–H groups in total. The summed E-state index contributed by atoms with van der Waals surface area (Å²) in [5.41, 5.74) is -0.350. The van der Waals surface area contributed by atoms with Crippen molar-refractivity contribution in [2.75, 3.05) is 39.5 Å². The normalized spacial score (nSPS) is 27.9. The average molecular weight is 485 g/mol. The zero-order valence-corrected chi connectivity index (χ0v) is 19.9. The number of benzene rings is 1. The van der Waals surface area contributed by atoms with Crippen LogP contribution < -0.4 is 10.1 Å². The van der Waals surface area contributed by atoms with Crippen LogP contribution in [0.3, 0.4) is 0 Å². The van der Waals surface area contributed by atoms with Crippen molar-refractivity contribution >= 4 is 34.7 Å². The van der Waals surface area contributed by atoms with Crippen molar-refractivity contribution in [2.45, 2.75) is 48.8 Å². The monoisotopic (exact) mass is 484 g/mol. The number of hydrogen-bond donors (Lipinski definition) is 3. The first kappa shape index (κ1) is 27.4. The molecule has 1 aromatic carbocycles. The van der Waals surface area contributed by atoms with Gasteiger partial charge in [-0.2, -0.15) is 0 Å². The van der Waals surface area contributed by atoms with Crippen LogP contribution >= 0.6 is 24.8 Å². The zero-order chi connectivity index (χ0) is 20.4. The van der Waals surface area contributed by atoms with Crippen molar-refractivity contribution < 1.29 is 23.4 Å². The molecular weight excluding hydrogens is 451 g/mol. The predicted octanol–water partition coefficient (Wildman–Crippen LogP) is 1.50. The van der Waals surface area contributed by atoms with Gasteiger partial charge in [0.25, 0.3) is 0 Å². The maximum absolute atomic E-state index is 11.6. The Morgan fingerprint density at radius 3 is 2.13 bits per heavy atom. The first-order valence-corrected chi connectivity index (χ1v) is 11.8. The van der Waals surface area contributed by atoms with Crippen LogP contribution in [0.1, 0.15) is 25.7 Å². The fourth-order valence-electron chi connectivity index (χ4n) is 4.15. The minimum Gasteiger partial charge on any atom is -0.493 e. The summed E-state index contributed by atoms with van der Waals surface area (Å²) in [6, 6.07) is 6.81. The van der Waals surface area contributed by atoms with Crippen LogP contribution in [0.15, 0.2) is 29.2 Å². The quantitative estimate of drug-likeness (QED) is 0.539. The highest BCUT2D eigenvalue weighted by Gasteiger charge is 2.45. The summed E-state index contributed by atoms with van der Waals surface area (Å²) in [6.07, 6.45) is 2.83. The maximum atomic E-state index is 11.6. The second-order valence-corrected chi connectivity index (χ2v) is 10.5. The lowest BCUT2D eigenvalue weighted by atomic mass is 9.86. The summed E-state index contributed by atoms with van der Waals surface area (Å²) >= 11 is 0. The first-order chi connectivity index (χ1) is 13.2. The number of aliphatic hydroxyl groups is 2. The fourth-order valence-corrected chi connectivity index (χ4v) is 4.78. The molecule has 1 unspecified atom stereocenters. The fraction of sp³-hybridized carbons (Fsp3) is 0.700. The van der Waals surface area contributed by atoms with Crippen LogP contribution in [0.25, 0.3) is 0 Å². The van der Waals surface area contributed by atoms with Gasteiger partial charge in [0.05, 0.1) is 23.7 Å². The van der Waals surface area contributed by atoms with Crippen LogP contribution in [-0.2, 0) is 9.84 Å². The Morgan fingerprint density at radius 1 is 1.10 bits per heavy atom. The summed E-state index contributed by atoms with van der Waals surface area (Å²) in [4.78, 5) is 2.57. The van der Waals surface area contributed by atoms with Crippen LogP contribution in [0.5, 0.6) is 5.75 Å². The van der Waals surface area contributed by atoms with E-state index in [0.717, 1.165) is 25.9 Å². The van der Waals surface area contributed by atoms with Gasteiger partial charge < -0.3 is 25.2 Å². The molecule has 1 heterocycles. The van der Waals surface area contributed by atoms with Gasteiger partial charge >= 0.3 is 0 Å². The average Bonchev–Trinajstić information content (AvgIpc) is 2.94. The van der Waals surface area contributed by atoms with Crippen molar-refractivity contribution in [1.29, 1.82) is 0 Å². The Balaban J connectivity index is 0.00000225. The molecule has 7 nitrogen and oxygen atoms in total. The third-order valence-electron chi connectivity index (χ3n) is 6.01. The molecule has 0 amide bonds. The number of likely N-dealkylation sites (tertiary alicyclic amines) is 1. The van der Waals surface area contributed by atoms with Crippen LogP contribution in [0, 0.1) is 5.41 Å².